The predicted molar refractivity (Wildman–Crippen MR) is 76.8 cm³/mol. The van der Waals surface area contributed by atoms with Gasteiger partial charge in [0, 0.05) is 23.4 Å². The topological polar surface area (TPSA) is 53.2 Å². The van der Waals surface area contributed by atoms with Crippen LogP contribution >= 0.6 is 0 Å². The number of carbonyl (C=O) groups excluding carboxylic acids is 1. The van der Waals surface area contributed by atoms with Gasteiger partial charge in [-0.2, -0.15) is 13.2 Å². The average molecular weight is 322 g/mol. The summed E-state index contributed by atoms with van der Waals surface area (Å²) in [6, 6.07) is 7.72. The molecule has 1 aliphatic rings. The molecule has 3 rings (SSSR count). The molecule has 120 valence electrons. The third-order valence-electron chi connectivity index (χ3n) is 3.82. The minimum atomic E-state index is -4.65. The number of aromatic nitrogens is 1. The second-order valence-corrected chi connectivity index (χ2v) is 5.49. The standard InChI is InChI=1S/C16H13F3N2O2/c1-9-6-13(16(17,18)19)12(14(22)20-9)8-21-7-10-4-2-3-5-11(10)15(21)23/h2-6H,7-8H2,1H3,(H,20,22). The number of H-pyrrole nitrogens is 1. The van der Waals surface area contributed by atoms with Gasteiger partial charge in [-0.1, -0.05) is 18.2 Å². The summed E-state index contributed by atoms with van der Waals surface area (Å²) in [5, 5.41) is 0. The quantitative estimate of drug-likeness (QED) is 0.924. The molecule has 1 aliphatic heterocycles. The van der Waals surface area contributed by atoms with Crippen molar-refractivity contribution in [3.8, 4) is 0 Å². The number of pyridine rings is 1. The molecule has 0 bridgehead atoms. The third-order valence-corrected chi connectivity index (χ3v) is 3.82. The van der Waals surface area contributed by atoms with Crippen molar-refractivity contribution in [2.45, 2.75) is 26.2 Å². The van der Waals surface area contributed by atoms with Gasteiger partial charge in [0.2, 0.25) is 0 Å². The fourth-order valence-corrected chi connectivity index (χ4v) is 2.76. The number of nitrogens with zero attached hydrogens (tertiary/aromatic N) is 1. The van der Waals surface area contributed by atoms with Crippen molar-refractivity contribution in [2.75, 3.05) is 0 Å². The first-order valence-electron chi connectivity index (χ1n) is 6.94. The lowest BCUT2D eigenvalue weighted by atomic mass is 10.1. The van der Waals surface area contributed by atoms with Crippen LogP contribution in [-0.4, -0.2) is 15.8 Å². The van der Waals surface area contributed by atoms with Gasteiger partial charge >= 0.3 is 6.18 Å². The molecular weight excluding hydrogens is 309 g/mol. The van der Waals surface area contributed by atoms with Gasteiger partial charge in [-0.15, -0.1) is 0 Å². The lowest BCUT2D eigenvalue weighted by molar-refractivity contribution is -0.138. The molecule has 4 nitrogen and oxygen atoms in total. The number of aromatic amines is 1. The van der Waals surface area contributed by atoms with Crippen LogP contribution in [0, 0.1) is 6.92 Å². The van der Waals surface area contributed by atoms with E-state index in [4.69, 9.17) is 0 Å². The molecule has 0 aliphatic carbocycles. The van der Waals surface area contributed by atoms with E-state index in [1.54, 1.807) is 24.3 Å². The minimum Gasteiger partial charge on any atom is -0.330 e. The maximum atomic E-state index is 13.2. The summed E-state index contributed by atoms with van der Waals surface area (Å²) in [4.78, 5) is 27.9. The van der Waals surface area contributed by atoms with Gasteiger partial charge in [0.25, 0.3) is 11.5 Å². The third kappa shape index (κ3) is 2.74. The van der Waals surface area contributed by atoms with Crippen molar-refractivity contribution >= 4 is 5.91 Å². The summed E-state index contributed by atoms with van der Waals surface area (Å²) in [7, 11) is 0. The highest BCUT2D eigenvalue weighted by Crippen LogP contribution is 2.32. The number of alkyl halides is 3. The monoisotopic (exact) mass is 322 g/mol. The van der Waals surface area contributed by atoms with Crippen LogP contribution in [0.4, 0.5) is 13.2 Å². The van der Waals surface area contributed by atoms with E-state index in [0.29, 0.717) is 5.56 Å². The van der Waals surface area contributed by atoms with Crippen molar-refractivity contribution in [2.24, 2.45) is 0 Å². The normalized spacial score (nSPS) is 14.3. The van der Waals surface area contributed by atoms with Crippen LogP contribution in [0.3, 0.4) is 0 Å². The van der Waals surface area contributed by atoms with Crippen molar-refractivity contribution in [1.82, 2.24) is 9.88 Å². The van der Waals surface area contributed by atoms with Crippen LogP contribution in [0.1, 0.15) is 32.7 Å². The fourth-order valence-electron chi connectivity index (χ4n) is 2.76. The van der Waals surface area contributed by atoms with E-state index in [9.17, 15) is 22.8 Å². The molecule has 2 aromatic rings. The van der Waals surface area contributed by atoms with Gasteiger partial charge < -0.3 is 9.88 Å². The molecule has 0 radical (unpaired) electrons. The summed E-state index contributed by atoms with van der Waals surface area (Å²) in [5.74, 6) is -0.367. The first-order chi connectivity index (χ1) is 10.8. The summed E-state index contributed by atoms with van der Waals surface area (Å²) in [6.45, 7) is 1.20. The Balaban J connectivity index is 1.99. The SMILES string of the molecule is Cc1cc(C(F)(F)F)c(CN2Cc3ccccc3C2=O)c(=O)[nH]1. The van der Waals surface area contributed by atoms with Crippen molar-refractivity contribution in [3.63, 3.8) is 0 Å². The molecule has 0 atom stereocenters. The number of rotatable bonds is 2. The number of halogens is 3. The molecule has 1 amide bonds. The van der Waals surface area contributed by atoms with Crippen molar-refractivity contribution in [3.05, 3.63) is 68.6 Å². The van der Waals surface area contributed by atoms with Crippen molar-refractivity contribution < 1.29 is 18.0 Å². The first-order valence-corrected chi connectivity index (χ1v) is 6.94. The molecule has 0 unspecified atom stereocenters. The van der Waals surface area contributed by atoms with Gasteiger partial charge in [-0.3, -0.25) is 9.59 Å². The number of benzene rings is 1. The lowest BCUT2D eigenvalue weighted by Crippen LogP contribution is -2.30. The van der Waals surface area contributed by atoms with Gasteiger partial charge in [0.1, 0.15) is 0 Å². The number of amides is 1. The summed E-state index contributed by atoms with van der Waals surface area (Å²) in [5.41, 5.74) is -0.922. The molecule has 1 aromatic heterocycles. The molecule has 1 aromatic carbocycles. The summed E-state index contributed by atoms with van der Waals surface area (Å²) in [6.07, 6.45) is -4.65. The molecule has 0 saturated heterocycles. The Morgan fingerprint density at radius 1 is 1.22 bits per heavy atom. The zero-order valence-corrected chi connectivity index (χ0v) is 12.2. The van der Waals surface area contributed by atoms with Crippen LogP contribution in [-0.2, 0) is 19.3 Å². The molecule has 0 saturated carbocycles. The van der Waals surface area contributed by atoms with E-state index in [2.05, 4.69) is 4.98 Å². The van der Waals surface area contributed by atoms with Crippen molar-refractivity contribution in [1.29, 1.82) is 0 Å². The fraction of sp³-hybridized carbons (Fsp3) is 0.250. The van der Waals surface area contributed by atoms with Crippen LogP contribution in [0.15, 0.2) is 35.1 Å². The lowest BCUT2D eigenvalue weighted by Gasteiger charge is -2.19. The predicted octanol–water partition coefficient (Wildman–Crippen LogP) is 2.86. The number of nitrogens with one attached hydrogen (secondary N) is 1. The van der Waals surface area contributed by atoms with Gasteiger partial charge in [-0.25, -0.2) is 0 Å². The van der Waals surface area contributed by atoms with Crippen LogP contribution in [0.2, 0.25) is 0 Å². The molecule has 0 spiro atoms. The number of carbonyl (C=O) groups is 1. The second-order valence-electron chi connectivity index (χ2n) is 5.49. The number of hydrogen-bond acceptors (Lipinski definition) is 2. The van der Waals surface area contributed by atoms with E-state index in [1.807, 2.05) is 0 Å². The highest BCUT2D eigenvalue weighted by atomic mass is 19.4. The summed E-state index contributed by atoms with van der Waals surface area (Å²) >= 11 is 0. The highest BCUT2D eigenvalue weighted by molar-refractivity contribution is 5.98. The maximum absolute atomic E-state index is 13.2. The van der Waals surface area contributed by atoms with E-state index < -0.39 is 22.9 Å². The Kier molecular flexibility index (Phi) is 3.50. The Hall–Kier alpha value is -2.57. The molecule has 0 fully saturated rings. The first kappa shape index (κ1) is 15.3. The summed E-state index contributed by atoms with van der Waals surface area (Å²) < 4.78 is 39.6. The minimum absolute atomic E-state index is 0.127. The zero-order chi connectivity index (χ0) is 16.8. The smallest absolute Gasteiger partial charge is 0.330 e. The number of hydrogen-bond donors (Lipinski definition) is 1. The van der Waals surface area contributed by atoms with E-state index in [0.717, 1.165) is 11.6 Å². The van der Waals surface area contributed by atoms with Crippen LogP contribution in [0.5, 0.6) is 0 Å². The largest absolute Gasteiger partial charge is 0.417 e. The number of fused-ring (bicyclic) bond motifs is 1. The average Bonchev–Trinajstić information content (AvgIpc) is 2.77. The Morgan fingerprint density at radius 3 is 2.57 bits per heavy atom. The second kappa shape index (κ2) is 5.26. The Labute approximate surface area is 129 Å². The van der Waals surface area contributed by atoms with Crippen LogP contribution < -0.4 is 5.56 Å². The molecule has 2 heterocycles. The maximum Gasteiger partial charge on any atom is 0.417 e. The van der Waals surface area contributed by atoms with E-state index in [1.165, 1.54) is 11.8 Å². The van der Waals surface area contributed by atoms with Crippen LogP contribution in [0.25, 0.3) is 0 Å². The Morgan fingerprint density at radius 2 is 1.91 bits per heavy atom. The van der Waals surface area contributed by atoms with Gasteiger partial charge in [0.15, 0.2) is 0 Å². The van der Waals surface area contributed by atoms with Gasteiger partial charge in [0.05, 0.1) is 12.1 Å². The zero-order valence-electron chi connectivity index (χ0n) is 12.2. The molecular formula is C16H13F3N2O2. The molecule has 7 heteroatoms. The molecule has 23 heavy (non-hydrogen) atoms. The molecule has 1 N–H and O–H groups in total. The highest BCUT2D eigenvalue weighted by Gasteiger charge is 2.37. The van der Waals surface area contributed by atoms with E-state index >= 15 is 0 Å². The van der Waals surface area contributed by atoms with Gasteiger partial charge in [-0.05, 0) is 24.6 Å². The van der Waals surface area contributed by atoms with E-state index in [-0.39, 0.29) is 24.7 Å². The Bertz CT molecular complexity index is 840. The number of aryl methyl sites for hydroxylation is 1.